The minimum Gasteiger partial charge on any atom is -0.489 e. The lowest BCUT2D eigenvalue weighted by molar-refractivity contribution is -0.137. The van der Waals surface area contributed by atoms with Gasteiger partial charge >= 0.3 is 6.18 Å². The minimum absolute atomic E-state index is 0.0523. The van der Waals surface area contributed by atoms with Gasteiger partial charge in [-0.05, 0) is 18.2 Å². The Morgan fingerprint density at radius 2 is 2.12 bits per heavy atom. The third kappa shape index (κ3) is 4.27. The summed E-state index contributed by atoms with van der Waals surface area (Å²) in [6.45, 7) is 4.15. The molecule has 0 saturated carbocycles. The van der Waals surface area contributed by atoms with Crippen LogP contribution >= 0.6 is 0 Å². The number of carbonyl (C=O) groups is 2. The SMILES string of the molecule is C=CCOc1ccc(C(F)(F)F)cc1C(=O)N1CCNC(=O)CC1. The first-order chi connectivity index (χ1) is 11.3. The van der Waals surface area contributed by atoms with Crippen LogP contribution in [0.4, 0.5) is 13.2 Å². The first-order valence-electron chi connectivity index (χ1n) is 7.34. The molecule has 5 nitrogen and oxygen atoms in total. The van der Waals surface area contributed by atoms with Crippen LogP contribution in [0.5, 0.6) is 5.75 Å². The van der Waals surface area contributed by atoms with Crippen molar-refractivity contribution >= 4 is 11.8 Å². The highest BCUT2D eigenvalue weighted by molar-refractivity contribution is 5.97. The molecule has 1 aliphatic rings. The van der Waals surface area contributed by atoms with Gasteiger partial charge in [-0.15, -0.1) is 0 Å². The molecule has 0 bridgehead atoms. The lowest BCUT2D eigenvalue weighted by Gasteiger charge is -2.22. The molecule has 0 atom stereocenters. The number of carbonyl (C=O) groups excluding carboxylic acids is 2. The first-order valence-corrected chi connectivity index (χ1v) is 7.34. The van der Waals surface area contributed by atoms with Gasteiger partial charge in [0.25, 0.3) is 5.91 Å². The summed E-state index contributed by atoms with van der Waals surface area (Å²) in [5.74, 6) is -0.745. The summed E-state index contributed by atoms with van der Waals surface area (Å²) >= 11 is 0. The number of hydrogen-bond donors (Lipinski definition) is 1. The maximum absolute atomic E-state index is 12.9. The van der Waals surface area contributed by atoms with Crippen LogP contribution in [0.25, 0.3) is 0 Å². The van der Waals surface area contributed by atoms with E-state index in [1.54, 1.807) is 0 Å². The molecule has 0 aliphatic carbocycles. The molecule has 2 rings (SSSR count). The molecule has 2 amide bonds. The van der Waals surface area contributed by atoms with Gasteiger partial charge < -0.3 is 15.0 Å². The molecule has 1 saturated heterocycles. The standard InChI is InChI=1S/C16H17F3N2O3/c1-2-9-24-13-4-3-11(16(17,18)19)10-12(13)15(23)21-7-5-14(22)20-6-8-21/h2-4,10H,1,5-9H2,(H,20,22). The summed E-state index contributed by atoms with van der Waals surface area (Å²) in [7, 11) is 0. The summed E-state index contributed by atoms with van der Waals surface area (Å²) in [5.41, 5.74) is -1.11. The second-order valence-electron chi connectivity index (χ2n) is 5.20. The lowest BCUT2D eigenvalue weighted by Crippen LogP contribution is -2.34. The summed E-state index contributed by atoms with van der Waals surface area (Å²) in [4.78, 5) is 25.3. The smallest absolute Gasteiger partial charge is 0.416 e. The van der Waals surface area contributed by atoms with Crippen LogP contribution in [0.3, 0.4) is 0 Å². The third-order valence-corrected chi connectivity index (χ3v) is 3.49. The first kappa shape index (κ1) is 17.8. The Hall–Kier alpha value is -2.51. The van der Waals surface area contributed by atoms with E-state index >= 15 is 0 Å². The Bertz CT molecular complexity index is 644. The zero-order chi connectivity index (χ0) is 17.7. The highest BCUT2D eigenvalue weighted by Gasteiger charge is 2.33. The topological polar surface area (TPSA) is 58.6 Å². The van der Waals surface area contributed by atoms with E-state index in [0.29, 0.717) is 0 Å². The van der Waals surface area contributed by atoms with E-state index in [1.807, 2.05) is 0 Å². The molecule has 0 radical (unpaired) electrons. The van der Waals surface area contributed by atoms with Crippen molar-refractivity contribution < 1.29 is 27.5 Å². The van der Waals surface area contributed by atoms with Gasteiger partial charge in [-0.3, -0.25) is 9.59 Å². The molecule has 1 aromatic carbocycles. The van der Waals surface area contributed by atoms with Crippen molar-refractivity contribution in [3.63, 3.8) is 0 Å². The molecule has 1 aliphatic heterocycles. The van der Waals surface area contributed by atoms with Crippen molar-refractivity contribution in [2.75, 3.05) is 26.2 Å². The Morgan fingerprint density at radius 3 is 2.79 bits per heavy atom. The number of benzene rings is 1. The minimum atomic E-state index is -4.57. The van der Waals surface area contributed by atoms with Gasteiger partial charge in [-0.25, -0.2) is 0 Å². The number of ether oxygens (including phenoxy) is 1. The molecule has 130 valence electrons. The van der Waals surface area contributed by atoms with E-state index in [9.17, 15) is 22.8 Å². The van der Waals surface area contributed by atoms with Crippen LogP contribution in [0.2, 0.25) is 0 Å². The van der Waals surface area contributed by atoms with Crippen molar-refractivity contribution in [1.29, 1.82) is 0 Å². The zero-order valence-electron chi connectivity index (χ0n) is 12.9. The summed E-state index contributed by atoms with van der Waals surface area (Å²) < 4.78 is 44.1. The van der Waals surface area contributed by atoms with Crippen LogP contribution in [-0.2, 0) is 11.0 Å². The average Bonchev–Trinajstić information content (AvgIpc) is 2.76. The van der Waals surface area contributed by atoms with Gasteiger partial charge in [0.1, 0.15) is 12.4 Å². The van der Waals surface area contributed by atoms with Crippen molar-refractivity contribution in [3.05, 3.63) is 42.0 Å². The summed E-state index contributed by atoms with van der Waals surface area (Å²) in [6.07, 6.45) is -3.03. The number of nitrogens with zero attached hydrogens (tertiary/aromatic N) is 1. The maximum Gasteiger partial charge on any atom is 0.416 e. The number of rotatable bonds is 4. The van der Waals surface area contributed by atoms with Gasteiger partial charge in [0.15, 0.2) is 0 Å². The highest BCUT2D eigenvalue weighted by Crippen LogP contribution is 2.33. The second kappa shape index (κ2) is 7.37. The van der Waals surface area contributed by atoms with Crippen LogP contribution in [0, 0.1) is 0 Å². The Morgan fingerprint density at radius 1 is 1.38 bits per heavy atom. The number of nitrogens with one attached hydrogen (secondary N) is 1. The van der Waals surface area contributed by atoms with E-state index in [2.05, 4.69) is 11.9 Å². The van der Waals surface area contributed by atoms with Gasteiger partial charge in [0, 0.05) is 26.1 Å². The van der Waals surface area contributed by atoms with Gasteiger partial charge in [0.05, 0.1) is 11.1 Å². The number of hydrogen-bond acceptors (Lipinski definition) is 3. The summed E-state index contributed by atoms with van der Waals surface area (Å²) in [6, 6.07) is 2.77. The fraction of sp³-hybridized carbons (Fsp3) is 0.375. The molecule has 1 aromatic rings. The molecule has 1 N–H and O–H groups in total. The Kier molecular flexibility index (Phi) is 5.48. The van der Waals surface area contributed by atoms with E-state index in [1.165, 1.54) is 11.0 Å². The highest BCUT2D eigenvalue weighted by atomic mass is 19.4. The molecule has 8 heteroatoms. The molecule has 0 spiro atoms. The van der Waals surface area contributed by atoms with Gasteiger partial charge in [0.2, 0.25) is 5.91 Å². The Labute approximate surface area is 137 Å². The van der Waals surface area contributed by atoms with Gasteiger partial charge in [-0.2, -0.15) is 13.2 Å². The number of alkyl halides is 3. The predicted molar refractivity (Wildman–Crippen MR) is 80.7 cm³/mol. The largest absolute Gasteiger partial charge is 0.489 e. The quantitative estimate of drug-likeness (QED) is 0.854. The van der Waals surface area contributed by atoms with E-state index in [0.717, 1.165) is 18.2 Å². The average molecular weight is 342 g/mol. The zero-order valence-corrected chi connectivity index (χ0v) is 12.9. The fourth-order valence-electron chi connectivity index (χ4n) is 2.29. The van der Waals surface area contributed by atoms with E-state index in [-0.39, 0.29) is 49.9 Å². The van der Waals surface area contributed by atoms with Crippen molar-refractivity contribution in [2.24, 2.45) is 0 Å². The number of halogens is 3. The molecule has 0 unspecified atom stereocenters. The molecule has 24 heavy (non-hydrogen) atoms. The van der Waals surface area contributed by atoms with Gasteiger partial charge in [-0.1, -0.05) is 12.7 Å². The predicted octanol–water partition coefficient (Wildman–Crippen LogP) is 2.23. The maximum atomic E-state index is 12.9. The van der Waals surface area contributed by atoms with Crippen LogP contribution < -0.4 is 10.1 Å². The molecule has 0 aromatic heterocycles. The molecular formula is C16H17F3N2O3. The van der Waals surface area contributed by atoms with Crippen LogP contribution in [0.1, 0.15) is 22.3 Å². The molecule has 1 fully saturated rings. The summed E-state index contributed by atoms with van der Waals surface area (Å²) in [5, 5.41) is 2.61. The van der Waals surface area contributed by atoms with Crippen LogP contribution in [0.15, 0.2) is 30.9 Å². The normalized spacial score (nSPS) is 15.5. The monoisotopic (exact) mass is 342 g/mol. The van der Waals surface area contributed by atoms with E-state index < -0.39 is 17.6 Å². The second-order valence-corrected chi connectivity index (χ2v) is 5.20. The lowest BCUT2D eigenvalue weighted by atomic mass is 10.1. The van der Waals surface area contributed by atoms with Crippen molar-refractivity contribution in [3.8, 4) is 5.75 Å². The molecule has 1 heterocycles. The number of amides is 2. The van der Waals surface area contributed by atoms with E-state index in [4.69, 9.17) is 4.74 Å². The molecular weight excluding hydrogens is 325 g/mol. The fourth-order valence-corrected chi connectivity index (χ4v) is 2.29. The van der Waals surface area contributed by atoms with Crippen molar-refractivity contribution in [1.82, 2.24) is 10.2 Å². The van der Waals surface area contributed by atoms with Crippen LogP contribution in [-0.4, -0.2) is 43.0 Å². The third-order valence-electron chi connectivity index (χ3n) is 3.49. The van der Waals surface area contributed by atoms with Crippen molar-refractivity contribution in [2.45, 2.75) is 12.6 Å². The Balaban J connectivity index is 2.34.